The molecule has 0 spiro atoms. The van der Waals surface area contributed by atoms with Gasteiger partial charge in [0.25, 0.3) is 0 Å². The van der Waals surface area contributed by atoms with Crippen molar-refractivity contribution in [2.45, 2.75) is 58.5 Å². The molecule has 0 aromatic carbocycles. The Morgan fingerprint density at radius 1 is 1.38 bits per heavy atom. The highest BCUT2D eigenvalue weighted by atomic mass is 16.2. The molecular weight excluding hydrogens is 302 g/mol. The Labute approximate surface area is 144 Å². The van der Waals surface area contributed by atoms with E-state index >= 15 is 0 Å². The van der Waals surface area contributed by atoms with Gasteiger partial charge in [0.1, 0.15) is 0 Å². The molecular formula is C19H27N3O2. The summed E-state index contributed by atoms with van der Waals surface area (Å²) < 4.78 is 0. The number of fused-ring (bicyclic) bond motifs is 1. The summed E-state index contributed by atoms with van der Waals surface area (Å²) in [6.45, 7) is 6.17. The number of rotatable bonds is 4. The molecule has 130 valence electrons. The summed E-state index contributed by atoms with van der Waals surface area (Å²) in [6, 6.07) is 4.26. The van der Waals surface area contributed by atoms with Crippen molar-refractivity contribution in [2.75, 3.05) is 13.1 Å². The average molecular weight is 329 g/mol. The van der Waals surface area contributed by atoms with E-state index in [4.69, 9.17) is 0 Å². The predicted molar refractivity (Wildman–Crippen MR) is 92.2 cm³/mol. The SMILES string of the molecule is CCC(CC)N1CC(C(=O)N2CCCc3ncccc3C2)CC1=O. The summed E-state index contributed by atoms with van der Waals surface area (Å²) in [5.74, 6) is 0.0868. The van der Waals surface area contributed by atoms with Crippen LogP contribution in [-0.2, 0) is 22.6 Å². The van der Waals surface area contributed by atoms with Gasteiger partial charge < -0.3 is 9.80 Å². The maximum absolute atomic E-state index is 13.0. The van der Waals surface area contributed by atoms with Crippen LogP contribution in [0.1, 0.15) is 50.8 Å². The van der Waals surface area contributed by atoms with Crippen molar-refractivity contribution >= 4 is 11.8 Å². The quantitative estimate of drug-likeness (QED) is 0.852. The molecule has 2 aliphatic heterocycles. The fourth-order valence-electron chi connectivity index (χ4n) is 3.99. The lowest BCUT2D eigenvalue weighted by Gasteiger charge is -2.27. The number of hydrogen-bond donors (Lipinski definition) is 0. The summed E-state index contributed by atoms with van der Waals surface area (Å²) in [5.41, 5.74) is 2.25. The van der Waals surface area contributed by atoms with Gasteiger partial charge in [-0.05, 0) is 37.3 Å². The summed E-state index contributed by atoms with van der Waals surface area (Å²) in [6.07, 6.45) is 5.94. The second kappa shape index (κ2) is 7.32. The molecule has 0 saturated carbocycles. The zero-order valence-electron chi connectivity index (χ0n) is 14.7. The van der Waals surface area contributed by atoms with Gasteiger partial charge >= 0.3 is 0 Å². The minimum absolute atomic E-state index is 0.133. The summed E-state index contributed by atoms with van der Waals surface area (Å²) in [7, 11) is 0. The number of aryl methyl sites for hydroxylation is 1. The van der Waals surface area contributed by atoms with Crippen LogP contribution in [0.2, 0.25) is 0 Å². The molecule has 3 heterocycles. The number of carbonyl (C=O) groups is 2. The molecule has 2 amide bonds. The number of likely N-dealkylation sites (tertiary alicyclic amines) is 1. The van der Waals surface area contributed by atoms with E-state index in [2.05, 4.69) is 24.9 Å². The van der Waals surface area contributed by atoms with Gasteiger partial charge in [-0.25, -0.2) is 0 Å². The molecule has 0 N–H and O–H groups in total. The summed E-state index contributed by atoms with van der Waals surface area (Å²) >= 11 is 0. The van der Waals surface area contributed by atoms with Gasteiger partial charge in [-0.15, -0.1) is 0 Å². The maximum Gasteiger partial charge on any atom is 0.228 e. The van der Waals surface area contributed by atoms with E-state index in [9.17, 15) is 9.59 Å². The van der Waals surface area contributed by atoms with Gasteiger partial charge in [0.15, 0.2) is 0 Å². The summed E-state index contributed by atoms with van der Waals surface area (Å²) in [4.78, 5) is 33.6. The average Bonchev–Trinajstić information content (AvgIpc) is 2.84. The van der Waals surface area contributed by atoms with E-state index in [1.807, 2.05) is 22.1 Å². The van der Waals surface area contributed by atoms with Crippen LogP contribution in [0.5, 0.6) is 0 Å². The van der Waals surface area contributed by atoms with Crippen LogP contribution in [-0.4, -0.2) is 45.7 Å². The lowest BCUT2D eigenvalue weighted by Crippen LogP contribution is -2.39. The first-order chi connectivity index (χ1) is 11.6. The molecule has 1 aromatic heterocycles. The molecule has 0 aliphatic carbocycles. The molecule has 1 fully saturated rings. The lowest BCUT2D eigenvalue weighted by atomic mass is 10.1. The van der Waals surface area contributed by atoms with Crippen molar-refractivity contribution in [3.63, 3.8) is 0 Å². The maximum atomic E-state index is 13.0. The highest BCUT2D eigenvalue weighted by Gasteiger charge is 2.38. The first kappa shape index (κ1) is 16.9. The molecule has 5 heteroatoms. The lowest BCUT2D eigenvalue weighted by molar-refractivity contribution is -0.136. The van der Waals surface area contributed by atoms with Crippen LogP contribution in [0, 0.1) is 5.92 Å². The van der Waals surface area contributed by atoms with Gasteiger partial charge in [0.05, 0.1) is 5.92 Å². The second-order valence-electron chi connectivity index (χ2n) is 6.89. The van der Waals surface area contributed by atoms with Gasteiger partial charge in [-0.1, -0.05) is 19.9 Å². The number of aromatic nitrogens is 1. The van der Waals surface area contributed by atoms with Gasteiger partial charge in [0.2, 0.25) is 11.8 Å². The minimum Gasteiger partial charge on any atom is -0.339 e. The van der Waals surface area contributed by atoms with Crippen LogP contribution in [0.25, 0.3) is 0 Å². The Balaban J connectivity index is 1.70. The first-order valence-electron chi connectivity index (χ1n) is 9.15. The van der Waals surface area contributed by atoms with Crippen LogP contribution < -0.4 is 0 Å². The van der Waals surface area contributed by atoms with Crippen LogP contribution in [0.3, 0.4) is 0 Å². The minimum atomic E-state index is -0.184. The van der Waals surface area contributed by atoms with Gasteiger partial charge in [0, 0.05) is 44.0 Å². The van der Waals surface area contributed by atoms with Crippen LogP contribution >= 0.6 is 0 Å². The highest BCUT2D eigenvalue weighted by molar-refractivity contribution is 5.89. The third-order valence-corrected chi connectivity index (χ3v) is 5.39. The second-order valence-corrected chi connectivity index (χ2v) is 6.89. The Hall–Kier alpha value is -1.91. The Morgan fingerprint density at radius 3 is 2.92 bits per heavy atom. The topological polar surface area (TPSA) is 53.5 Å². The van der Waals surface area contributed by atoms with Crippen molar-refractivity contribution in [1.29, 1.82) is 0 Å². The first-order valence-corrected chi connectivity index (χ1v) is 9.15. The van der Waals surface area contributed by atoms with Crippen molar-refractivity contribution < 1.29 is 9.59 Å². The van der Waals surface area contributed by atoms with E-state index < -0.39 is 0 Å². The zero-order chi connectivity index (χ0) is 17.1. The molecule has 1 saturated heterocycles. The van der Waals surface area contributed by atoms with E-state index in [1.54, 1.807) is 0 Å². The Kier molecular flexibility index (Phi) is 5.17. The fourth-order valence-corrected chi connectivity index (χ4v) is 3.99. The predicted octanol–water partition coefficient (Wildman–Crippen LogP) is 2.39. The molecule has 2 aliphatic rings. The standard InChI is InChI=1S/C19H27N3O2/c1-3-16(4-2)22-13-15(11-18(22)23)19(24)21-10-6-8-17-14(12-21)7-5-9-20-17/h5,7,9,15-16H,3-4,6,8,10-13H2,1-2H3. The Bertz CT molecular complexity index is 612. The number of nitrogens with zero attached hydrogens (tertiary/aromatic N) is 3. The van der Waals surface area contributed by atoms with Crippen molar-refractivity contribution in [3.05, 3.63) is 29.6 Å². The number of amides is 2. The zero-order valence-corrected chi connectivity index (χ0v) is 14.7. The smallest absolute Gasteiger partial charge is 0.228 e. The monoisotopic (exact) mass is 329 g/mol. The molecule has 1 aromatic rings. The highest BCUT2D eigenvalue weighted by Crippen LogP contribution is 2.26. The molecule has 1 atom stereocenters. The van der Waals surface area contributed by atoms with Crippen molar-refractivity contribution in [2.24, 2.45) is 5.92 Å². The van der Waals surface area contributed by atoms with Crippen LogP contribution in [0.15, 0.2) is 18.3 Å². The third-order valence-electron chi connectivity index (χ3n) is 5.39. The molecule has 24 heavy (non-hydrogen) atoms. The number of hydrogen-bond acceptors (Lipinski definition) is 3. The van der Waals surface area contributed by atoms with E-state index in [0.29, 0.717) is 19.5 Å². The van der Waals surface area contributed by atoms with Crippen LogP contribution in [0.4, 0.5) is 0 Å². The Morgan fingerprint density at radius 2 is 2.17 bits per heavy atom. The largest absolute Gasteiger partial charge is 0.339 e. The number of pyridine rings is 1. The van der Waals surface area contributed by atoms with E-state index in [-0.39, 0.29) is 23.8 Å². The normalized spacial score (nSPS) is 21.1. The number of carbonyl (C=O) groups excluding carboxylic acids is 2. The third kappa shape index (κ3) is 3.30. The van der Waals surface area contributed by atoms with E-state index in [0.717, 1.165) is 43.5 Å². The van der Waals surface area contributed by atoms with Gasteiger partial charge in [-0.3, -0.25) is 14.6 Å². The molecule has 3 rings (SSSR count). The fraction of sp³-hybridized carbons (Fsp3) is 0.632. The molecule has 0 radical (unpaired) electrons. The summed E-state index contributed by atoms with van der Waals surface area (Å²) in [5, 5.41) is 0. The van der Waals surface area contributed by atoms with Gasteiger partial charge in [-0.2, -0.15) is 0 Å². The van der Waals surface area contributed by atoms with Crippen molar-refractivity contribution in [1.82, 2.24) is 14.8 Å². The van der Waals surface area contributed by atoms with Crippen molar-refractivity contribution in [3.8, 4) is 0 Å². The molecule has 5 nitrogen and oxygen atoms in total. The molecule has 0 bridgehead atoms. The molecule has 1 unspecified atom stereocenters. The van der Waals surface area contributed by atoms with E-state index in [1.165, 1.54) is 0 Å².